The van der Waals surface area contributed by atoms with Crippen LogP contribution in [0, 0.1) is 20.8 Å². The molecule has 0 bridgehead atoms. The van der Waals surface area contributed by atoms with Crippen LogP contribution in [0.25, 0.3) is 10.9 Å². The van der Waals surface area contributed by atoms with Gasteiger partial charge in [-0.1, -0.05) is 0 Å². The van der Waals surface area contributed by atoms with Crippen molar-refractivity contribution >= 4 is 22.4 Å². The molecule has 4 nitrogen and oxygen atoms in total. The normalized spacial score (nSPS) is 10.8. The molecular formula is C17H17N3O. The standard InChI is InChI=1S/C17H17N3O/c1-10-7-14-16(8-11(10)2)18-9-19-17(14)20-15-5-4-13(21)6-12(15)3/h4-9,21H,1-3H3,(H,18,19,20). The smallest absolute Gasteiger partial charge is 0.141 e. The largest absolute Gasteiger partial charge is 0.508 e. The lowest BCUT2D eigenvalue weighted by Crippen LogP contribution is -1.98. The highest BCUT2D eigenvalue weighted by molar-refractivity contribution is 5.91. The van der Waals surface area contributed by atoms with E-state index in [1.807, 2.05) is 13.0 Å². The van der Waals surface area contributed by atoms with Gasteiger partial charge in [-0.15, -0.1) is 0 Å². The van der Waals surface area contributed by atoms with Gasteiger partial charge in [0.25, 0.3) is 0 Å². The van der Waals surface area contributed by atoms with E-state index in [0.29, 0.717) is 0 Å². The first-order valence-electron chi connectivity index (χ1n) is 6.83. The van der Waals surface area contributed by atoms with E-state index in [9.17, 15) is 5.11 Å². The summed E-state index contributed by atoms with van der Waals surface area (Å²) in [6.07, 6.45) is 1.56. The zero-order valence-corrected chi connectivity index (χ0v) is 12.3. The van der Waals surface area contributed by atoms with Crippen LogP contribution in [0.1, 0.15) is 16.7 Å². The molecule has 3 rings (SSSR count). The van der Waals surface area contributed by atoms with Gasteiger partial charge in [-0.2, -0.15) is 0 Å². The third-order valence-corrected chi connectivity index (χ3v) is 3.71. The summed E-state index contributed by atoms with van der Waals surface area (Å²) < 4.78 is 0. The molecule has 0 aliphatic rings. The molecule has 0 amide bonds. The highest BCUT2D eigenvalue weighted by Gasteiger charge is 2.07. The van der Waals surface area contributed by atoms with Crippen molar-refractivity contribution in [2.45, 2.75) is 20.8 Å². The van der Waals surface area contributed by atoms with Crippen molar-refractivity contribution in [3.05, 3.63) is 53.3 Å². The van der Waals surface area contributed by atoms with Crippen molar-refractivity contribution < 1.29 is 5.11 Å². The molecule has 2 N–H and O–H groups in total. The number of fused-ring (bicyclic) bond motifs is 1. The zero-order valence-electron chi connectivity index (χ0n) is 12.3. The van der Waals surface area contributed by atoms with Gasteiger partial charge in [0, 0.05) is 11.1 Å². The van der Waals surface area contributed by atoms with Gasteiger partial charge in [-0.25, -0.2) is 9.97 Å². The average Bonchev–Trinajstić information content (AvgIpc) is 2.44. The van der Waals surface area contributed by atoms with Crippen LogP contribution in [0.2, 0.25) is 0 Å². The van der Waals surface area contributed by atoms with E-state index in [1.165, 1.54) is 11.1 Å². The van der Waals surface area contributed by atoms with Gasteiger partial charge >= 0.3 is 0 Å². The Morgan fingerprint density at radius 3 is 2.43 bits per heavy atom. The molecule has 0 saturated carbocycles. The Bertz CT molecular complexity index is 828. The fourth-order valence-corrected chi connectivity index (χ4v) is 2.33. The Morgan fingerprint density at radius 2 is 1.67 bits per heavy atom. The van der Waals surface area contributed by atoms with E-state index < -0.39 is 0 Å². The molecule has 1 heterocycles. The van der Waals surface area contributed by atoms with E-state index in [0.717, 1.165) is 28.0 Å². The van der Waals surface area contributed by atoms with Crippen LogP contribution in [0.15, 0.2) is 36.7 Å². The summed E-state index contributed by atoms with van der Waals surface area (Å²) >= 11 is 0. The molecule has 3 aromatic rings. The van der Waals surface area contributed by atoms with Crippen molar-refractivity contribution in [3.63, 3.8) is 0 Å². The van der Waals surface area contributed by atoms with Crippen LogP contribution in [-0.2, 0) is 0 Å². The van der Waals surface area contributed by atoms with E-state index >= 15 is 0 Å². The SMILES string of the molecule is Cc1cc2ncnc(Nc3ccc(O)cc3C)c2cc1C. The summed E-state index contributed by atoms with van der Waals surface area (Å²) in [5, 5.41) is 13.8. The molecule has 0 atom stereocenters. The van der Waals surface area contributed by atoms with Gasteiger partial charge in [0.05, 0.1) is 5.52 Å². The maximum atomic E-state index is 9.49. The second-order valence-corrected chi connectivity index (χ2v) is 5.30. The van der Waals surface area contributed by atoms with E-state index in [2.05, 4.69) is 41.3 Å². The van der Waals surface area contributed by atoms with Crippen LogP contribution in [-0.4, -0.2) is 15.1 Å². The van der Waals surface area contributed by atoms with Gasteiger partial charge in [0.1, 0.15) is 17.9 Å². The molecule has 0 aliphatic heterocycles. The van der Waals surface area contributed by atoms with E-state index in [1.54, 1.807) is 18.5 Å². The molecule has 0 saturated heterocycles. The van der Waals surface area contributed by atoms with Crippen LogP contribution < -0.4 is 5.32 Å². The summed E-state index contributed by atoms with van der Waals surface area (Å²) in [4.78, 5) is 8.68. The predicted molar refractivity (Wildman–Crippen MR) is 85.1 cm³/mol. The zero-order chi connectivity index (χ0) is 15.0. The molecule has 0 aliphatic carbocycles. The monoisotopic (exact) mass is 279 g/mol. The number of phenolic OH excluding ortho intramolecular Hbond substituents is 1. The van der Waals surface area contributed by atoms with Gasteiger partial charge in [-0.05, 0) is 67.8 Å². The molecule has 0 fully saturated rings. The fourth-order valence-electron chi connectivity index (χ4n) is 2.33. The first kappa shape index (κ1) is 13.4. The van der Waals surface area contributed by atoms with Gasteiger partial charge in [0.2, 0.25) is 0 Å². The Labute approximate surface area is 123 Å². The number of aromatic nitrogens is 2. The summed E-state index contributed by atoms with van der Waals surface area (Å²) in [7, 11) is 0. The number of benzene rings is 2. The number of hydrogen-bond donors (Lipinski definition) is 2. The third-order valence-electron chi connectivity index (χ3n) is 3.71. The topological polar surface area (TPSA) is 58.0 Å². The first-order valence-corrected chi connectivity index (χ1v) is 6.83. The lowest BCUT2D eigenvalue weighted by atomic mass is 10.1. The number of aryl methyl sites for hydroxylation is 3. The van der Waals surface area contributed by atoms with Gasteiger partial charge < -0.3 is 10.4 Å². The first-order chi connectivity index (χ1) is 10.0. The fraction of sp³-hybridized carbons (Fsp3) is 0.176. The van der Waals surface area contributed by atoms with Gasteiger partial charge in [0.15, 0.2) is 0 Å². The number of phenols is 1. The summed E-state index contributed by atoms with van der Waals surface area (Å²) in [6, 6.07) is 9.40. The van der Waals surface area contributed by atoms with E-state index in [4.69, 9.17) is 0 Å². The molecule has 0 spiro atoms. The predicted octanol–water partition coefficient (Wildman–Crippen LogP) is 4.00. The summed E-state index contributed by atoms with van der Waals surface area (Å²) in [6.45, 7) is 6.10. The van der Waals surface area contributed by atoms with Crippen LogP contribution in [0.4, 0.5) is 11.5 Å². The minimum absolute atomic E-state index is 0.261. The van der Waals surface area contributed by atoms with Crippen LogP contribution >= 0.6 is 0 Å². The average molecular weight is 279 g/mol. The maximum absolute atomic E-state index is 9.49. The van der Waals surface area contributed by atoms with Crippen molar-refractivity contribution in [2.75, 3.05) is 5.32 Å². The summed E-state index contributed by atoms with van der Waals surface area (Å²) in [5.74, 6) is 1.04. The second-order valence-electron chi connectivity index (χ2n) is 5.30. The minimum atomic E-state index is 0.261. The second kappa shape index (κ2) is 5.05. The Balaban J connectivity index is 2.10. The van der Waals surface area contributed by atoms with Crippen molar-refractivity contribution in [1.29, 1.82) is 0 Å². The highest BCUT2D eigenvalue weighted by Crippen LogP contribution is 2.28. The number of hydrogen-bond acceptors (Lipinski definition) is 4. The number of aromatic hydroxyl groups is 1. The molecule has 2 aromatic carbocycles. The van der Waals surface area contributed by atoms with E-state index in [-0.39, 0.29) is 5.75 Å². The Hall–Kier alpha value is -2.62. The number of rotatable bonds is 2. The molecule has 0 unspecified atom stereocenters. The highest BCUT2D eigenvalue weighted by atomic mass is 16.3. The third kappa shape index (κ3) is 2.52. The summed E-state index contributed by atoms with van der Waals surface area (Å²) in [5.41, 5.74) is 5.24. The van der Waals surface area contributed by atoms with Crippen LogP contribution in [0.3, 0.4) is 0 Å². The molecular weight excluding hydrogens is 262 g/mol. The molecule has 21 heavy (non-hydrogen) atoms. The number of nitrogens with one attached hydrogen (secondary N) is 1. The van der Waals surface area contributed by atoms with Crippen molar-refractivity contribution in [1.82, 2.24) is 9.97 Å². The number of anilines is 2. The van der Waals surface area contributed by atoms with Crippen LogP contribution in [0.5, 0.6) is 5.75 Å². The maximum Gasteiger partial charge on any atom is 0.141 e. The molecule has 106 valence electrons. The molecule has 1 aromatic heterocycles. The molecule has 0 radical (unpaired) electrons. The quantitative estimate of drug-likeness (QED) is 0.696. The lowest BCUT2D eigenvalue weighted by Gasteiger charge is -2.12. The lowest BCUT2D eigenvalue weighted by molar-refractivity contribution is 0.475. The van der Waals surface area contributed by atoms with Crippen molar-refractivity contribution in [3.8, 4) is 5.75 Å². The van der Waals surface area contributed by atoms with Crippen molar-refractivity contribution in [2.24, 2.45) is 0 Å². The Kier molecular flexibility index (Phi) is 3.22. The molecule has 4 heteroatoms. The number of nitrogens with zero attached hydrogens (tertiary/aromatic N) is 2. The minimum Gasteiger partial charge on any atom is -0.508 e. The van der Waals surface area contributed by atoms with Gasteiger partial charge in [-0.3, -0.25) is 0 Å². The Morgan fingerprint density at radius 1 is 0.905 bits per heavy atom.